The summed E-state index contributed by atoms with van der Waals surface area (Å²) in [5, 5.41) is 7.73. The van der Waals surface area contributed by atoms with Crippen LogP contribution in [0.4, 0.5) is 0 Å². The van der Waals surface area contributed by atoms with Crippen molar-refractivity contribution in [1.82, 2.24) is 5.32 Å². The maximum absolute atomic E-state index is 12.1. The second-order valence-electron chi connectivity index (χ2n) is 6.05. The number of nitrogens with one attached hydrogen (secondary N) is 1. The summed E-state index contributed by atoms with van der Waals surface area (Å²) < 4.78 is 33.7. The van der Waals surface area contributed by atoms with Crippen molar-refractivity contribution in [3.05, 3.63) is 59.2 Å². The van der Waals surface area contributed by atoms with Gasteiger partial charge in [-0.15, -0.1) is 0 Å². The van der Waals surface area contributed by atoms with Crippen molar-refractivity contribution in [2.75, 3.05) is 19.8 Å². The third-order valence-electron chi connectivity index (χ3n) is 3.93. The Labute approximate surface area is 163 Å². The van der Waals surface area contributed by atoms with E-state index in [1.807, 2.05) is 18.2 Å². The molecule has 0 aromatic heterocycles. The quantitative estimate of drug-likeness (QED) is 0.503. The first-order chi connectivity index (χ1) is 13.2. The number of amides is 1. The number of benzene rings is 2. The fourth-order valence-corrected chi connectivity index (χ4v) is 3.26. The second kappa shape index (κ2) is 9.34. The highest BCUT2D eigenvalue weighted by atomic mass is 32.2. The standard InChI is InChI=1S/C19H22N2O6S/c1-13-10-15(11-17(14(13)2)28(20,24)25)19(23)27-12-18(22)21-8-9-26-16-6-4-3-5-7-16/h3-7,10-11H,8-9,12H2,1-2H3,(H,21,22)(H2,20,24,25). The molecular formula is C19H22N2O6S. The van der Waals surface area contributed by atoms with E-state index in [0.717, 1.165) is 6.07 Å². The predicted octanol–water partition coefficient (Wildman–Crippen LogP) is 1.30. The zero-order valence-electron chi connectivity index (χ0n) is 15.6. The summed E-state index contributed by atoms with van der Waals surface area (Å²) in [4.78, 5) is 23.8. The van der Waals surface area contributed by atoms with E-state index in [2.05, 4.69) is 5.32 Å². The highest BCUT2D eigenvalue weighted by molar-refractivity contribution is 7.89. The fraction of sp³-hybridized carbons (Fsp3) is 0.263. The Kier molecular flexibility index (Phi) is 7.13. The van der Waals surface area contributed by atoms with E-state index in [1.54, 1.807) is 26.0 Å². The number of ether oxygens (including phenoxy) is 2. The van der Waals surface area contributed by atoms with Crippen molar-refractivity contribution in [3.8, 4) is 5.75 Å². The molecule has 0 fully saturated rings. The number of primary sulfonamides is 1. The maximum Gasteiger partial charge on any atom is 0.338 e. The first kappa shape index (κ1) is 21.4. The molecular weight excluding hydrogens is 384 g/mol. The number of hydrogen-bond acceptors (Lipinski definition) is 6. The largest absolute Gasteiger partial charge is 0.492 e. The Morgan fingerprint density at radius 1 is 1.11 bits per heavy atom. The average Bonchev–Trinajstić information content (AvgIpc) is 2.65. The van der Waals surface area contributed by atoms with E-state index in [-0.39, 0.29) is 23.6 Å². The number of hydrogen-bond donors (Lipinski definition) is 2. The van der Waals surface area contributed by atoms with Gasteiger partial charge < -0.3 is 14.8 Å². The van der Waals surface area contributed by atoms with Crippen LogP contribution in [0.25, 0.3) is 0 Å². The molecule has 0 heterocycles. The minimum absolute atomic E-state index is 0.00679. The lowest BCUT2D eigenvalue weighted by Gasteiger charge is -2.11. The van der Waals surface area contributed by atoms with Crippen molar-refractivity contribution >= 4 is 21.9 Å². The molecule has 150 valence electrons. The van der Waals surface area contributed by atoms with Gasteiger partial charge in [0, 0.05) is 0 Å². The highest BCUT2D eigenvalue weighted by Crippen LogP contribution is 2.20. The van der Waals surface area contributed by atoms with Gasteiger partial charge in [0.25, 0.3) is 5.91 Å². The molecule has 1 amide bonds. The van der Waals surface area contributed by atoms with Crippen molar-refractivity contribution in [2.45, 2.75) is 18.7 Å². The van der Waals surface area contributed by atoms with Gasteiger partial charge in [0.1, 0.15) is 12.4 Å². The molecule has 0 unspecified atom stereocenters. The lowest BCUT2D eigenvalue weighted by Crippen LogP contribution is -2.32. The molecule has 0 bridgehead atoms. The summed E-state index contributed by atoms with van der Waals surface area (Å²) >= 11 is 0. The fourth-order valence-electron chi connectivity index (χ4n) is 2.38. The number of esters is 1. The van der Waals surface area contributed by atoms with E-state index in [0.29, 0.717) is 16.9 Å². The van der Waals surface area contributed by atoms with Crippen molar-refractivity contribution in [1.29, 1.82) is 0 Å². The number of carbonyl (C=O) groups is 2. The lowest BCUT2D eigenvalue weighted by molar-refractivity contribution is -0.124. The Hall–Kier alpha value is -2.91. The Balaban J connectivity index is 1.84. The van der Waals surface area contributed by atoms with Crippen LogP contribution in [0, 0.1) is 13.8 Å². The van der Waals surface area contributed by atoms with Crippen LogP contribution in [0.15, 0.2) is 47.4 Å². The Morgan fingerprint density at radius 2 is 1.79 bits per heavy atom. The predicted molar refractivity (Wildman–Crippen MR) is 103 cm³/mol. The van der Waals surface area contributed by atoms with Crippen LogP contribution in [0.5, 0.6) is 5.75 Å². The van der Waals surface area contributed by atoms with Crippen LogP contribution >= 0.6 is 0 Å². The Morgan fingerprint density at radius 3 is 2.43 bits per heavy atom. The smallest absolute Gasteiger partial charge is 0.338 e. The molecule has 0 saturated carbocycles. The van der Waals surface area contributed by atoms with Crippen LogP contribution in [0.3, 0.4) is 0 Å². The van der Waals surface area contributed by atoms with Gasteiger partial charge >= 0.3 is 5.97 Å². The number of sulfonamides is 1. The van der Waals surface area contributed by atoms with Gasteiger partial charge in [-0.2, -0.15) is 0 Å². The molecule has 0 radical (unpaired) electrons. The maximum atomic E-state index is 12.1. The molecule has 0 saturated heterocycles. The molecule has 0 spiro atoms. The van der Waals surface area contributed by atoms with Crippen LogP contribution in [0.1, 0.15) is 21.5 Å². The monoisotopic (exact) mass is 406 g/mol. The molecule has 9 heteroatoms. The molecule has 2 aromatic rings. The molecule has 0 aliphatic heterocycles. The number of para-hydroxylation sites is 1. The zero-order valence-corrected chi connectivity index (χ0v) is 16.4. The molecule has 8 nitrogen and oxygen atoms in total. The minimum atomic E-state index is -3.98. The first-order valence-electron chi connectivity index (χ1n) is 8.44. The van der Waals surface area contributed by atoms with E-state index in [9.17, 15) is 18.0 Å². The molecule has 3 N–H and O–H groups in total. The van der Waals surface area contributed by atoms with E-state index in [4.69, 9.17) is 14.6 Å². The summed E-state index contributed by atoms with van der Waals surface area (Å²) in [5.74, 6) is -0.632. The normalized spacial score (nSPS) is 11.0. The van der Waals surface area contributed by atoms with Crippen LogP contribution < -0.4 is 15.2 Å². The molecule has 28 heavy (non-hydrogen) atoms. The average molecular weight is 406 g/mol. The number of carbonyl (C=O) groups excluding carboxylic acids is 2. The molecule has 0 aliphatic carbocycles. The van der Waals surface area contributed by atoms with Gasteiger partial charge in [-0.1, -0.05) is 18.2 Å². The number of nitrogens with two attached hydrogens (primary N) is 1. The summed E-state index contributed by atoms with van der Waals surface area (Å²) in [7, 11) is -3.98. The molecule has 0 aliphatic rings. The second-order valence-corrected chi connectivity index (χ2v) is 7.58. The summed E-state index contributed by atoms with van der Waals surface area (Å²) in [6.07, 6.45) is 0. The first-order valence-corrected chi connectivity index (χ1v) is 9.99. The SMILES string of the molecule is Cc1cc(C(=O)OCC(=O)NCCOc2ccccc2)cc(S(N)(=O)=O)c1C. The van der Waals surface area contributed by atoms with E-state index in [1.165, 1.54) is 6.07 Å². The third-order valence-corrected chi connectivity index (χ3v) is 4.97. The van der Waals surface area contributed by atoms with Gasteiger partial charge in [-0.25, -0.2) is 18.4 Å². The summed E-state index contributed by atoms with van der Waals surface area (Å²) in [6.45, 7) is 3.25. The van der Waals surface area contributed by atoms with Crippen molar-refractivity contribution in [3.63, 3.8) is 0 Å². The minimum Gasteiger partial charge on any atom is -0.492 e. The zero-order chi connectivity index (χ0) is 20.7. The van der Waals surface area contributed by atoms with E-state index >= 15 is 0 Å². The third kappa shape index (κ3) is 6.07. The van der Waals surface area contributed by atoms with Crippen LogP contribution in [0.2, 0.25) is 0 Å². The summed E-state index contributed by atoms with van der Waals surface area (Å²) in [6, 6.07) is 11.8. The van der Waals surface area contributed by atoms with Gasteiger partial charge in [-0.3, -0.25) is 4.79 Å². The van der Waals surface area contributed by atoms with Gasteiger partial charge in [0.05, 0.1) is 17.0 Å². The number of aryl methyl sites for hydroxylation is 1. The lowest BCUT2D eigenvalue weighted by atomic mass is 10.1. The van der Waals surface area contributed by atoms with Crippen molar-refractivity contribution < 1.29 is 27.5 Å². The summed E-state index contributed by atoms with van der Waals surface area (Å²) in [5.41, 5.74) is 1.03. The van der Waals surface area contributed by atoms with Gasteiger partial charge in [0.15, 0.2) is 6.61 Å². The molecule has 2 aromatic carbocycles. The van der Waals surface area contributed by atoms with E-state index < -0.39 is 28.5 Å². The topological polar surface area (TPSA) is 125 Å². The van der Waals surface area contributed by atoms with Crippen LogP contribution in [-0.4, -0.2) is 40.1 Å². The Bertz CT molecular complexity index is 958. The molecule has 0 atom stereocenters. The highest BCUT2D eigenvalue weighted by Gasteiger charge is 2.18. The molecule has 2 rings (SSSR count). The number of rotatable bonds is 8. The van der Waals surface area contributed by atoms with Crippen LogP contribution in [-0.2, 0) is 19.6 Å². The van der Waals surface area contributed by atoms with Crippen molar-refractivity contribution in [2.24, 2.45) is 5.14 Å². The van der Waals surface area contributed by atoms with Gasteiger partial charge in [-0.05, 0) is 49.2 Å². The van der Waals surface area contributed by atoms with Gasteiger partial charge in [0.2, 0.25) is 10.0 Å².